The van der Waals surface area contributed by atoms with Crippen molar-refractivity contribution in [3.05, 3.63) is 40.2 Å². The molecule has 22 heavy (non-hydrogen) atoms. The first-order valence-corrected chi connectivity index (χ1v) is 8.99. The van der Waals surface area contributed by atoms with Crippen molar-refractivity contribution in [2.45, 2.75) is 18.9 Å². The first kappa shape index (κ1) is 15.1. The van der Waals surface area contributed by atoms with Gasteiger partial charge in [0.2, 0.25) is 0 Å². The lowest BCUT2D eigenvalue weighted by atomic mass is 10.00. The van der Waals surface area contributed by atoms with E-state index < -0.39 is 5.54 Å². The van der Waals surface area contributed by atoms with Gasteiger partial charge in [-0.2, -0.15) is 17.0 Å². The van der Waals surface area contributed by atoms with Crippen LogP contribution < -0.4 is 5.32 Å². The van der Waals surface area contributed by atoms with Gasteiger partial charge >= 0.3 is 0 Å². The Morgan fingerprint density at radius 3 is 3.00 bits per heavy atom. The second-order valence-corrected chi connectivity index (χ2v) is 7.45. The molecule has 2 heterocycles. The highest BCUT2D eigenvalue weighted by Crippen LogP contribution is 2.28. The van der Waals surface area contributed by atoms with Gasteiger partial charge in [-0.25, -0.2) is 4.98 Å². The van der Waals surface area contributed by atoms with E-state index in [-0.39, 0.29) is 5.91 Å². The molecule has 2 aromatic rings. The number of nitriles is 1. The lowest BCUT2D eigenvalue weighted by Gasteiger charge is -2.21. The molecule has 1 amide bonds. The van der Waals surface area contributed by atoms with E-state index in [4.69, 9.17) is 0 Å². The van der Waals surface area contributed by atoms with Crippen LogP contribution in [0.15, 0.2) is 29.6 Å². The van der Waals surface area contributed by atoms with Crippen LogP contribution in [0.25, 0.3) is 11.3 Å². The standard InChI is InChI=1S/C16H15N3OS2/c1-11-18-14(8-22-11)12-3-2-4-13(7-12)15(20)19-16(9-17)5-6-21-10-16/h2-4,7-8H,5-6,10H2,1H3,(H,19,20). The fourth-order valence-corrected chi connectivity index (χ4v) is 4.27. The van der Waals surface area contributed by atoms with Crippen LogP contribution in [0.4, 0.5) is 0 Å². The maximum atomic E-state index is 12.5. The van der Waals surface area contributed by atoms with Crippen LogP contribution in [0.1, 0.15) is 21.8 Å². The number of amides is 1. The van der Waals surface area contributed by atoms with Gasteiger partial charge < -0.3 is 5.32 Å². The number of thioether (sulfide) groups is 1. The summed E-state index contributed by atoms with van der Waals surface area (Å²) >= 11 is 3.28. The van der Waals surface area contributed by atoms with Crippen LogP contribution in [-0.2, 0) is 0 Å². The van der Waals surface area contributed by atoms with Crippen molar-refractivity contribution in [3.8, 4) is 17.3 Å². The van der Waals surface area contributed by atoms with Crippen LogP contribution in [0.2, 0.25) is 0 Å². The van der Waals surface area contributed by atoms with Crippen molar-refractivity contribution in [3.63, 3.8) is 0 Å². The van der Waals surface area contributed by atoms with E-state index in [2.05, 4.69) is 16.4 Å². The van der Waals surface area contributed by atoms with E-state index in [1.54, 1.807) is 29.2 Å². The molecule has 112 valence electrons. The molecule has 1 aliphatic rings. The molecule has 1 atom stereocenters. The molecular weight excluding hydrogens is 314 g/mol. The summed E-state index contributed by atoms with van der Waals surface area (Å²) in [6, 6.07) is 9.65. The average Bonchev–Trinajstić information content (AvgIpc) is 3.17. The smallest absolute Gasteiger partial charge is 0.252 e. The summed E-state index contributed by atoms with van der Waals surface area (Å²) in [7, 11) is 0. The summed E-state index contributed by atoms with van der Waals surface area (Å²) in [5.41, 5.74) is 1.64. The van der Waals surface area contributed by atoms with E-state index in [0.717, 1.165) is 22.0 Å². The Hall–Kier alpha value is -1.84. The SMILES string of the molecule is Cc1nc(-c2cccc(C(=O)NC3(C#N)CCSC3)c2)cs1. The Bertz CT molecular complexity index is 742. The number of benzene rings is 1. The third-order valence-corrected chi connectivity index (χ3v) is 5.59. The van der Waals surface area contributed by atoms with Crippen molar-refractivity contribution in [2.75, 3.05) is 11.5 Å². The fraction of sp³-hybridized carbons (Fsp3) is 0.312. The number of carbonyl (C=O) groups is 1. The molecule has 1 fully saturated rings. The summed E-state index contributed by atoms with van der Waals surface area (Å²) in [4.78, 5) is 16.9. The number of thiazole rings is 1. The summed E-state index contributed by atoms with van der Waals surface area (Å²) in [5.74, 6) is 1.37. The van der Waals surface area contributed by atoms with Crippen LogP contribution in [0, 0.1) is 18.3 Å². The minimum Gasteiger partial charge on any atom is -0.333 e. The van der Waals surface area contributed by atoms with E-state index in [0.29, 0.717) is 17.7 Å². The molecule has 0 radical (unpaired) electrons. The highest BCUT2D eigenvalue weighted by molar-refractivity contribution is 7.99. The van der Waals surface area contributed by atoms with Gasteiger partial charge in [0.05, 0.1) is 16.8 Å². The maximum absolute atomic E-state index is 12.5. The molecule has 1 aromatic heterocycles. The predicted octanol–water partition coefficient (Wildman–Crippen LogP) is 3.25. The van der Waals surface area contributed by atoms with Crippen molar-refractivity contribution in [2.24, 2.45) is 0 Å². The van der Waals surface area contributed by atoms with Gasteiger partial charge in [-0.3, -0.25) is 4.79 Å². The van der Waals surface area contributed by atoms with Crippen molar-refractivity contribution < 1.29 is 4.79 Å². The molecule has 1 saturated heterocycles. The van der Waals surface area contributed by atoms with Crippen molar-refractivity contribution in [1.82, 2.24) is 10.3 Å². The molecule has 0 saturated carbocycles. The number of aryl methyl sites for hydroxylation is 1. The predicted molar refractivity (Wildman–Crippen MR) is 90.0 cm³/mol. The van der Waals surface area contributed by atoms with E-state index in [9.17, 15) is 10.1 Å². The molecule has 0 aliphatic carbocycles. The summed E-state index contributed by atoms with van der Waals surface area (Å²) in [6.07, 6.45) is 0.699. The highest BCUT2D eigenvalue weighted by Gasteiger charge is 2.36. The van der Waals surface area contributed by atoms with Crippen LogP contribution in [0.3, 0.4) is 0 Å². The highest BCUT2D eigenvalue weighted by atomic mass is 32.2. The average molecular weight is 329 g/mol. The van der Waals surface area contributed by atoms with Gasteiger partial charge in [-0.1, -0.05) is 12.1 Å². The molecule has 1 N–H and O–H groups in total. The molecule has 1 aromatic carbocycles. The van der Waals surface area contributed by atoms with Crippen LogP contribution in [0.5, 0.6) is 0 Å². The third-order valence-electron chi connectivity index (χ3n) is 3.63. The van der Waals surface area contributed by atoms with Gasteiger partial charge in [0.25, 0.3) is 5.91 Å². The zero-order chi connectivity index (χ0) is 15.6. The Balaban J connectivity index is 1.83. The van der Waals surface area contributed by atoms with Gasteiger partial charge in [-0.15, -0.1) is 11.3 Å². The molecule has 6 heteroatoms. The molecule has 0 spiro atoms. The summed E-state index contributed by atoms with van der Waals surface area (Å²) in [5, 5.41) is 15.2. The second kappa shape index (κ2) is 6.11. The first-order valence-electron chi connectivity index (χ1n) is 6.96. The lowest BCUT2D eigenvalue weighted by Crippen LogP contribution is -2.47. The number of hydrogen-bond acceptors (Lipinski definition) is 5. The van der Waals surface area contributed by atoms with Crippen molar-refractivity contribution >= 4 is 29.0 Å². The summed E-state index contributed by atoms with van der Waals surface area (Å²) < 4.78 is 0. The Kier molecular flexibility index (Phi) is 4.19. The van der Waals surface area contributed by atoms with E-state index in [1.165, 1.54) is 0 Å². The number of nitrogens with zero attached hydrogens (tertiary/aromatic N) is 2. The third kappa shape index (κ3) is 3.01. The monoisotopic (exact) mass is 329 g/mol. The first-order chi connectivity index (χ1) is 10.6. The molecule has 3 rings (SSSR count). The Labute approximate surface area is 137 Å². The van der Waals surface area contributed by atoms with E-state index >= 15 is 0 Å². The second-order valence-electron chi connectivity index (χ2n) is 5.28. The van der Waals surface area contributed by atoms with Crippen molar-refractivity contribution in [1.29, 1.82) is 5.26 Å². The fourth-order valence-electron chi connectivity index (χ4n) is 2.38. The minimum atomic E-state index is -0.727. The van der Waals surface area contributed by atoms with Gasteiger partial charge in [0.1, 0.15) is 5.54 Å². The topological polar surface area (TPSA) is 65.8 Å². The number of rotatable bonds is 3. The Morgan fingerprint density at radius 2 is 2.36 bits per heavy atom. The molecule has 1 aliphatic heterocycles. The minimum absolute atomic E-state index is 0.196. The zero-order valence-corrected chi connectivity index (χ0v) is 13.8. The van der Waals surface area contributed by atoms with Crippen LogP contribution >= 0.6 is 23.1 Å². The van der Waals surface area contributed by atoms with E-state index in [1.807, 2.05) is 30.5 Å². The maximum Gasteiger partial charge on any atom is 0.252 e. The lowest BCUT2D eigenvalue weighted by molar-refractivity contribution is 0.0926. The zero-order valence-electron chi connectivity index (χ0n) is 12.1. The van der Waals surface area contributed by atoms with Crippen LogP contribution in [-0.4, -0.2) is 27.9 Å². The normalized spacial score (nSPS) is 20.5. The number of aromatic nitrogens is 1. The number of carbonyl (C=O) groups excluding carboxylic acids is 1. The van der Waals surface area contributed by atoms with Gasteiger partial charge in [-0.05, 0) is 31.2 Å². The van der Waals surface area contributed by atoms with Gasteiger partial charge in [0, 0.05) is 22.3 Å². The molecular formula is C16H15N3OS2. The molecule has 0 bridgehead atoms. The Morgan fingerprint density at radius 1 is 1.50 bits per heavy atom. The largest absolute Gasteiger partial charge is 0.333 e. The number of hydrogen-bond donors (Lipinski definition) is 1. The quantitative estimate of drug-likeness (QED) is 0.939. The van der Waals surface area contributed by atoms with Gasteiger partial charge in [0.15, 0.2) is 0 Å². The number of nitrogens with one attached hydrogen (secondary N) is 1. The molecule has 4 nitrogen and oxygen atoms in total. The summed E-state index contributed by atoms with van der Waals surface area (Å²) in [6.45, 7) is 1.96. The molecule has 1 unspecified atom stereocenters.